The molecule has 1 N–H and O–H groups in total. The SMILES string of the molecule is N#CC(=Cc1cn(-c2ccccc2)nc1-c1ccc(OCc2ccc(Cl)cc2)cc1)c1nc2ccccc2[nH]1. The van der Waals surface area contributed by atoms with Crippen molar-refractivity contribution in [2.75, 3.05) is 0 Å². The number of nitriles is 1. The molecule has 188 valence electrons. The van der Waals surface area contributed by atoms with Crippen LogP contribution in [0.2, 0.25) is 5.02 Å². The summed E-state index contributed by atoms with van der Waals surface area (Å²) in [5.74, 6) is 1.26. The van der Waals surface area contributed by atoms with Gasteiger partial charge in [-0.2, -0.15) is 10.4 Å². The third-order valence-corrected chi connectivity index (χ3v) is 6.53. The van der Waals surface area contributed by atoms with Crippen LogP contribution in [0.15, 0.2) is 109 Å². The zero-order chi connectivity index (χ0) is 26.6. The monoisotopic (exact) mass is 527 g/mol. The van der Waals surface area contributed by atoms with Gasteiger partial charge in [-0.15, -0.1) is 0 Å². The van der Waals surface area contributed by atoms with Crippen molar-refractivity contribution in [1.82, 2.24) is 19.7 Å². The lowest BCUT2D eigenvalue weighted by molar-refractivity contribution is 0.306. The number of nitrogens with one attached hydrogen (secondary N) is 1. The lowest BCUT2D eigenvalue weighted by Gasteiger charge is -2.07. The summed E-state index contributed by atoms with van der Waals surface area (Å²) in [6.45, 7) is 0.441. The van der Waals surface area contributed by atoms with Crippen LogP contribution in [0.1, 0.15) is 17.0 Å². The molecule has 39 heavy (non-hydrogen) atoms. The molecule has 7 heteroatoms. The smallest absolute Gasteiger partial charge is 0.149 e. The normalized spacial score (nSPS) is 11.4. The molecule has 0 atom stereocenters. The van der Waals surface area contributed by atoms with Gasteiger partial charge in [0.1, 0.15) is 24.3 Å². The number of para-hydroxylation sites is 3. The molecule has 6 aromatic rings. The number of rotatable bonds is 7. The Kier molecular flexibility index (Phi) is 6.65. The predicted molar refractivity (Wildman–Crippen MR) is 154 cm³/mol. The summed E-state index contributed by atoms with van der Waals surface area (Å²) in [6.07, 6.45) is 3.75. The quantitative estimate of drug-likeness (QED) is 0.216. The van der Waals surface area contributed by atoms with Gasteiger partial charge < -0.3 is 9.72 Å². The van der Waals surface area contributed by atoms with Gasteiger partial charge in [0.15, 0.2) is 0 Å². The van der Waals surface area contributed by atoms with E-state index in [1.165, 1.54) is 0 Å². The molecule has 0 saturated carbocycles. The molecule has 6 rings (SSSR count). The van der Waals surface area contributed by atoms with Gasteiger partial charge in [0.25, 0.3) is 0 Å². The summed E-state index contributed by atoms with van der Waals surface area (Å²) in [6, 6.07) is 35.3. The van der Waals surface area contributed by atoms with E-state index >= 15 is 0 Å². The average Bonchev–Trinajstić information content (AvgIpc) is 3.61. The molecule has 0 bridgehead atoms. The number of fused-ring (bicyclic) bond motifs is 1. The summed E-state index contributed by atoms with van der Waals surface area (Å²) in [7, 11) is 0. The lowest BCUT2D eigenvalue weighted by Crippen LogP contribution is -1.95. The summed E-state index contributed by atoms with van der Waals surface area (Å²) in [5.41, 5.74) is 6.50. The second-order valence-corrected chi connectivity index (χ2v) is 9.36. The van der Waals surface area contributed by atoms with Crippen molar-refractivity contribution in [2.45, 2.75) is 6.61 Å². The van der Waals surface area contributed by atoms with Crippen LogP contribution in [0.3, 0.4) is 0 Å². The number of ether oxygens (including phenoxy) is 1. The largest absolute Gasteiger partial charge is 0.489 e. The molecule has 0 fully saturated rings. The summed E-state index contributed by atoms with van der Waals surface area (Å²) < 4.78 is 7.78. The number of H-pyrrole nitrogens is 1. The number of benzene rings is 4. The van der Waals surface area contributed by atoms with E-state index in [-0.39, 0.29) is 0 Å². The molecule has 0 amide bonds. The van der Waals surface area contributed by atoms with Crippen molar-refractivity contribution in [3.8, 4) is 28.8 Å². The van der Waals surface area contributed by atoms with Crippen molar-refractivity contribution >= 4 is 34.3 Å². The van der Waals surface area contributed by atoms with Gasteiger partial charge in [-0.05, 0) is 72.3 Å². The molecule has 2 aromatic heterocycles. The molecule has 0 radical (unpaired) electrons. The fourth-order valence-electron chi connectivity index (χ4n) is 4.28. The number of hydrogen-bond donors (Lipinski definition) is 1. The van der Waals surface area contributed by atoms with E-state index in [0.29, 0.717) is 23.0 Å². The standard InChI is InChI=1S/C32H22ClN5O/c33-26-14-10-22(11-15-26)21-39-28-16-12-23(13-17-28)31-25(20-38(37-31)27-6-2-1-3-7-27)18-24(19-34)32-35-29-8-4-5-9-30(29)36-32/h1-18,20H,21H2,(H,35,36). The van der Waals surface area contributed by atoms with Gasteiger partial charge in [0, 0.05) is 22.3 Å². The molecule has 4 aromatic carbocycles. The van der Waals surface area contributed by atoms with E-state index in [2.05, 4.69) is 16.0 Å². The molecule has 6 nitrogen and oxygen atoms in total. The first-order valence-electron chi connectivity index (χ1n) is 12.4. The highest BCUT2D eigenvalue weighted by atomic mass is 35.5. The number of hydrogen-bond acceptors (Lipinski definition) is 4. The van der Waals surface area contributed by atoms with E-state index in [1.807, 2.05) is 120 Å². The maximum atomic E-state index is 10.0. The Morgan fingerprint density at radius 2 is 1.67 bits per heavy atom. The van der Waals surface area contributed by atoms with Gasteiger partial charge >= 0.3 is 0 Å². The lowest BCUT2D eigenvalue weighted by atomic mass is 10.1. The third kappa shape index (κ3) is 5.30. The van der Waals surface area contributed by atoms with Crippen LogP contribution < -0.4 is 4.74 Å². The van der Waals surface area contributed by atoms with Crippen molar-refractivity contribution in [3.63, 3.8) is 0 Å². The van der Waals surface area contributed by atoms with Gasteiger partial charge in [-0.3, -0.25) is 0 Å². The Labute approximate surface area is 230 Å². The minimum atomic E-state index is 0.419. The summed E-state index contributed by atoms with van der Waals surface area (Å²) >= 11 is 5.98. The number of aromatic nitrogens is 4. The van der Waals surface area contributed by atoms with Crippen molar-refractivity contribution in [3.05, 3.63) is 131 Å². The molecule has 0 spiro atoms. The van der Waals surface area contributed by atoms with Gasteiger partial charge in [-0.25, -0.2) is 9.67 Å². The number of imidazole rings is 1. The fraction of sp³-hybridized carbons (Fsp3) is 0.0312. The van der Waals surface area contributed by atoms with E-state index < -0.39 is 0 Å². The highest BCUT2D eigenvalue weighted by molar-refractivity contribution is 6.30. The molecule has 0 saturated heterocycles. The minimum absolute atomic E-state index is 0.419. The van der Waals surface area contributed by atoms with Gasteiger partial charge in [0.2, 0.25) is 0 Å². The van der Waals surface area contributed by atoms with Crippen molar-refractivity contribution in [2.24, 2.45) is 0 Å². The van der Waals surface area contributed by atoms with Crippen molar-refractivity contribution < 1.29 is 4.74 Å². The Balaban J connectivity index is 1.34. The second kappa shape index (κ2) is 10.7. The van der Waals surface area contributed by atoms with Crippen LogP contribution in [0.4, 0.5) is 0 Å². The summed E-state index contributed by atoms with van der Waals surface area (Å²) in [5, 5.41) is 15.6. The molecule has 0 unspecified atom stereocenters. The van der Waals surface area contributed by atoms with Crippen LogP contribution in [0, 0.1) is 11.3 Å². The van der Waals surface area contributed by atoms with Crippen LogP contribution >= 0.6 is 11.6 Å². The second-order valence-electron chi connectivity index (χ2n) is 8.93. The highest BCUT2D eigenvalue weighted by Gasteiger charge is 2.15. The van der Waals surface area contributed by atoms with Gasteiger partial charge in [-0.1, -0.05) is 54.1 Å². The zero-order valence-corrected chi connectivity index (χ0v) is 21.5. The van der Waals surface area contributed by atoms with E-state index in [0.717, 1.165) is 44.9 Å². The predicted octanol–water partition coefficient (Wildman–Crippen LogP) is 7.71. The molecule has 0 aliphatic carbocycles. The maximum Gasteiger partial charge on any atom is 0.149 e. The van der Waals surface area contributed by atoms with E-state index in [4.69, 9.17) is 21.4 Å². The molecule has 2 heterocycles. The first kappa shape index (κ1) is 24.2. The van der Waals surface area contributed by atoms with E-state index in [9.17, 15) is 5.26 Å². The molecular formula is C32H22ClN5O. The molecule has 0 aliphatic heterocycles. The highest BCUT2D eigenvalue weighted by Crippen LogP contribution is 2.29. The Hall–Kier alpha value is -5.12. The van der Waals surface area contributed by atoms with Crippen LogP contribution in [-0.2, 0) is 6.61 Å². The number of halogens is 1. The third-order valence-electron chi connectivity index (χ3n) is 6.27. The molecule has 0 aliphatic rings. The average molecular weight is 528 g/mol. The number of allylic oxidation sites excluding steroid dienone is 1. The first-order chi connectivity index (χ1) is 19.2. The number of nitrogens with zero attached hydrogens (tertiary/aromatic N) is 4. The van der Waals surface area contributed by atoms with E-state index in [1.54, 1.807) is 0 Å². The molecular weight excluding hydrogens is 506 g/mol. The Morgan fingerprint density at radius 3 is 2.41 bits per heavy atom. The number of aromatic amines is 1. The van der Waals surface area contributed by atoms with Crippen molar-refractivity contribution in [1.29, 1.82) is 5.26 Å². The van der Waals surface area contributed by atoms with Crippen LogP contribution in [-0.4, -0.2) is 19.7 Å². The topological polar surface area (TPSA) is 79.5 Å². The Bertz CT molecular complexity index is 1780. The maximum absolute atomic E-state index is 10.0. The fourth-order valence-corrected chi connectivity index (χ4v) is 4.40. The van der Waals surface area contributed by atoms with Crippen LogP contribution in [0.25, 0.3) is 39.6 Å². The first-order valence-corrected chi connectivity index (χ1v) is 12.7. The van der Waals surface area contributed by atoms with Crippen LogP contribution in [0.5, 0.6) is 5.75 Å². The summed E-state index contributed by atoms with van der Waals surface area (Å²) in [4.78, 5) is 7.86. The zero-order valence-electron chi connectivity index (χ0n) is 20.8. The van der Waals surface area contributed by atoms with Gasteiger partial charge in [0.05, 0.1) is 28.0 Å². The minimum Gasteiger partial charge on any atom is -0.489 e. The Morgan fingerprint density at radius 1 is 0.923 bits per heavy atom.